The monoisotopic (exact) mass is 288 g/mol. The van der Waals surface area contributed by atoms with Crippen molar-refractivity contribution in [1.82, 2.24) is 0 Å². The Labute approximate surface area is 124 Å². The normalized spacial score (nSPS) is 25.1. The van der Waals surface area contributed by atoms with Crippen molar-refractivity contribution < 1.29 is 14.3 Å². The highest BCUT2D eigenvalue weighted by atomic mass is 16.5. The summed E-state index contributed by atoms with van der Waals surface area (Å²) in [7, 11) is 0. The van der Waals surface area contributed by atoms with Crippen molar-refractivity contribution in [2.24, 2.45) is 23.3 Å². The second kappa shape index (κ2) is 6.54. The molecule has 0 bridgehead atoms. The van der Waals surface area contributed by atoms with Crippen molar-refractivity contribution in [2.75, 3.05) is 0 Å². The summed E-state index contributed by atoms with van der Waals surface area (Å²) >= 11 is 0. The van der Waals surface area contributed by atoms with Gasteiger partial charge in [0.1, 0.15) is 5.75 Å². The van der Waals surface area contributed by atoms with Crippen LogP contribution in [0.5, 0.6) is 5.75 Å². The highest BCUT2D eigenvalue weighted by molar-refractivity contribution is 5.91. The lowest BCUT2D eigenvalue weighted by Crippen LogP contribution is -2.23. The van der Waals surface area contributed by atoms with Crippen LogP contribution in [0.15, 0.2) is 30.3 Å². The Morgan fingerprint density at radius 1 is 1.29 bits per heavy atom. The van der Waals surface area contributed by atoms with E-state index in [1.807, 2.05) is 6.92 Å². The molecule has 4 N–H and O–H groups in total. The highest BCUT2D eigenvalue weighted by Crippen LogP contribution is 2.31. The van der Waals surface area contributed by atoms with Crippen LogP contribution in [0, 0.1) is 11.8 Å². The molecular formula is C16H20N2O3. The molecule has 1 aromatic carbocycles. The number of ether oxygens (including phenoxy) is 1. The van der Waals surface area contributed by atoms with Gasteiger partial charge in [-0.3, -0.25) is 9.59 Å². The molecule has 1 amide bonds. The highest BCUT2D eigenvalue weighted by Gasteiger charge is 2.34. The molecule has 112 valence electrons. The standard InChI is InChI=1S/C16H20N2O3/c1-10-8-12(9-13(10)17)16(20)21-14-5-3-2-4-11(14)6-7-15(18)19/h2-7,10,12-13H,8-9,17H2,1H3,(H2,18,19)/b7-6+. The first-order valence-corrected chi connectivity index (χ1v) is 7.01. The first-order valence-electron chi connectivity index (χ1n) is 7.01. The average Bonchev–Trinajstić information content (AvgIpc) is 2.78. The predicted molar refractivity (Wildman–Crippen MR) is 80.2 cm³/mol. The van der Waals surface area contributed by atoms with Crippen molar-refractivity contribution in [3.63, 3.8) is 0 Å². The van der Waals surface area contributed by atoms with Crippen molar-refractivity contribution in [2.45, 2.75) is 25.8 Å². The summed E-state index contributed by atoms with van der Waals surface area (Å²) in [5, 5.41) is 0. The van der Waals surface area contributed by atoms with E-state index in [0.29, 0.717) is 23.7 Å². The van der Waals surface area contributed by atoms with Crippen molar-refractivity contribution in [3.05, 3.63) is 35.9 Å². The maximum atomic E-state index is 12.2. The van der Waals surface area contributed by atoms with Crippen LogP contribution in [0.4, 0.5) is 0 Å². The number of amides is 1. The number of carbonyl (C=O) groups excluding carboxylic acids is 2. The van der Waals surface area contributed by atoms with Crippen LogP contribution >= 0.6 is 0 Å². The van der Waals surface area contributed by atoms with Gasteiger partial charge >= 0.3 is 5.97 Å². The fourth-order valence-electron chi connectivity index (χ4n) is 2.55. The van der Waals surface area contributed by atoms with Crippen LogP contribution < -0.4 is 16.2 Å². The van der Waals surface area contributed by atoms with Gasteiger partial charge in [-0.1, -0.05) is 25.1 Å². The summed E-state index contributed by atoms with van der Waals surface area (Å²) in [6, 6.07) is 7.06. The molecule has 5 nitrogen and oxygen atoms in total. The Balaban J connectivity index is 2.09. The molecule has 1 saturated carbocycles. The number of rotatable bonds is 4. The van der Waals surface area contributed by atoms with E-state index in [2.05, 4.69) is 0 Å². The lowest BCUT2D eigenvalue weighted by molar-refractivity contribution is -0.138. The van der Waals surface area contributed by atoms with Gasteiger partial charge in [0.2, 0.25) is 5.91 Å². The van der Waals surface area contributed by atoms with Crippen LogP contribution in [-0.2, 0) is 9.59 Å². The molecule has 0 saturated heterocycles. The van der Waals surface area contributed by atoms with E-state index >= 15 is 0 Å². The third-order valence-electron chi connectivity index (χ3n) is 3.83. The molecule has 5 heteroatoms. The molecular weight excluding hydrogens is 268 g/mol. The Morgan fingerprint density at radius 3 is 2.62 bits per heavy atom. The summed E-state index contributed by atoms with van der Waals surface area (Å²) in [4.78, 5) is 23.0. The number of primary amides is 1. The summed E-state index contributed by atoms with van der Waals surface area (Å²) in [5.74, 6) is -0.231. The molecule has 1 aromatic rings. The van der Waals surface area contributed by atoms with Gasteiger partial charge in [0.25, 0.3) is 0 Å². The summed E-state index contributed by atoms with van der Waals surface area (Å²) in [5.41, 5.74) is 11.7. The lowest BCUT2D eigenvalue weighted by atomic mass is 10.1. The SMILES string of the molecule is CC1CC(C(=O)Oc2ccccc2/C=C/C(N)=O)CC1N. The number of hydrogen-bond acceptors (Lipinski definition) is 4. The van der Waals surface area contributed by atoms with Crippen molar-refractivity contribution in [1.29, 1.82) is 0 Å². The van der Waals surface area contributed by atoms with Crippen LogP contribution in [0.3, 0.4) is 0 Å². The Kier molecular flexibility index (Phi) is 4.75. The molecule has 0 radical (unpaired) electrons. The van der Waals surface area contributed by atoms with Crippen LogP contribution in [0.25, 0.3) is 6.08 Å². The molecule has 1 aliphatic carbocycles. The second-order valence-corrected chi connectivity index (χ2v) is 5.50. The number of carbonyl (C=O) groups is 2. The zero-order chi connectivity index (χ0) is 15.4. The molecule has 1 aliphatic rings. The van der Waals surface area contributed by atoms with Crippen LogP contribution in [0.1, 0.15) is 25.3 Å². The topological polar surface area (TPSA) is 95.4 Å². The largest absolute Gasteiger partial charge is 0.426 e. The molecule has 1 fully saturated rings. The minimum atomic E-state index is -0.549. The van der Waals surface area contributed by atoms with E-state index in [0.717, 1.165) is 6.42 Å². The molecule has 3 atom stereocenters. The maximum absolute atomic E-state index is 12.2. The average molecular weight is 288 g/mol. The Bertz CT molecular complexity index is 558. The van der Waals surface area contributed by atoms with Gasteiger partial charge in [-0.25, -0.2) is 0 Å². The van der Waals surface area contributed by atoms with Crippen LogP contribution in [0.2, 0.25) is 0 Å². The molecule has 0 aromatic heterocycles. The van der Waals surface area contributed by atoms with Gasteiger partial charge in [0.15, 0.2) is 0 Å². The van der Waals surface area contributed by atoms with Gasteiger partial charge in [0.05, 0.1) is 5.92 Å². The molecule has 0 spiro atoms. The molecule has 0 heterocycles. The van der Waals surface area contributed by atoms with E-state index in [9.17, 15) is 9.59 Å². The summed E-state index contributed by atoms with van der Waals surface area (Å²) < 4.78 is 5.46. The van der Waals surface area contributed by atoms with E-state index in [-0.39, 0.29) is 17.9 Å². The lowest BCUT2D eigenvalue weighted by Gasteiger charge is -2.11. The summed E-state index contributed by atoms with van der Waals surface area (Å²) in [6.07, 6.45) is 4.17. The minimum absolute atomic E-state index is 0.0487. The number of para-hydroxylation sites is 1. The second-order valence-electron chi connectivity index (χ2n) is 5.50. The van der Waals surface area contributed by atoms with Gasteiger partial charge in [-0.05, 0) is 30.9 Å². The van der Waals surface area contributed by atoms with E-state index in [1.54, 1.807) is 24.3 Å². The molecule has 0 aliphatic heterocycles. The Morgan fingerprint density at radius 2 is 2.00 bits per heavy atom. The van der Waals surface area contributed by atoms with Gasteiger partial charge in [-0.15, -0.1) is 0 Å². The fraction of sp³-hybridized carbons (Fsp3) is 0.375. The quantitative estimate of drug-likeness (QED) is 0.498. The minimum Gasteiger partial charge on any atom is -0.426 e. The number of benzene rings is 1. The number of nitrogens with two attached hydrogens (primary N) is 2. The number of hydrogen-bond donors (Lipinski definition) is 2. The number of esters is 1. The molecule has 21 heavy (non-hydrogen) atoms. The first-order chi connectivity index (χ1) is 9.97. The third-order valence-corrected chi connectivity index (χ3v) is 3.83. The Hall–Kier alpha value is -2.14. The first kappa shape index (κ1) is 15.3. The van der Waals surface area contributed by atoms with E-state index < -0.39 is 5.91 Å². The van der Waals surface area contributed by atoms with E-state index in [4.69, 9.17) is 16.2 Å². The third kappa shape index (κ3) is 3.92. The molecule has 2 rings (SSSR count). The van der Waals surface area contributed by atoms with Crippen LogP contribution in [-0.4, -0.2) is 17.9 Å². The molecule has 3 unspecified atom stereocenters. The summed E-state index contributed by atoms with van der Waals surface area (Å²) in [6.45, 7) is 2.04. The van der Waals surface area contributed by atoms with Gasteiger partial charge in [-0.2, -0.15) is 0 Å². The smallest absolute Gasteiger partial charge is 0.314 e. The maximum Gasteiger partial charge on any atom is 0.314 e. The van der Waals surface area contributed by atoms with Gasteiger partial charge in [0, 0.05) is 17.7 Å². The zero-order valence-electron chi connectivity index (χ0n) is 12.0. The van der Waals surface area contributed by atoms with E-state index in [1.165, 1.54) is 12.2 Å². The zero-order valence-corrected chi connectivity index (χ0v) is 12.0. The van der Waals surface area contributed by atoms with Gasteiger partial charge < -0.3 is 16.2 Å². The predicted octanol–water partition coefficient (Wildman–Crippen LogP) is 1.46. The van der Waals surface area contributed by atoms with Crippen molar-refractivity contribution in [3.8, 4) is 5.75 Å². The van der Waals surface area contributed by atoms with Crippen molar-refractivity contribution >= 4 is 18.0 Å². The fourth-order valence-corrected chi connectivity index (χ4v) is 2.55.